The molecule has 1 aliphatic rings. The summed E-state index contributed by atoms with van der Waals surface area (Å²) >= 11 is 6.39. The molecule has 0 aliphatic heterocycles. The number of esters is 1. The summed E-state index contributed by atoms with van der Waals surface area (Å²) < 4.78 is 5.14. The van der Waals surface area contributed by atoms with Gasteiger partial charge in [0.15, 0.2) is 12.4 Å². The van der Waals surface area contributed by atoms with E-state index < -0.39 is 34.6 Å². The van der Waals surface area contributed by atoms with Crippen LogP contribution >= 0.6 is 11.6 Å². The number of likely N-dealkylation sites (N-methyl/N-ethyl adjacent to an activating group) is 1. The smallest absolute Gasteiger partial charge is 0.345 e. The highest BCUT2D eigenvalue weighted by atomic mass is 35.5. The number of hydrogen-bond acceptors (Lipinski definition) is 6. The average Bonchev–Trinajstić information content (AvgIpc) is 2.77. The molecule has 3 rings (SSSR count). The minimum Gasteiger partial charge on any atom is -0.452 e. The lowest BCUT2D eigenvalue weighted by Crippen LogP contribution is -2.55. The van der Waals surface area contributed by atoms with Crippen molar-refractivity contribution >= 4 is 34.9 Å². The SMILES string of the molecule is Cc1cccc([N+](=O)[O-])c1C(=O)OCC(=O)N(C)C1(c2ccccc2Cl)CCCCC1=O. The summed E-state index contributed by atoms with van der Waals surface area (Å²) in [6.07, 6.45) is 2.15. The number of aryl methyl sites for hydroxylation is 1. The Balaban J connectivity index is 1.86. The molecule has 0 aromatic heterocycles. The number of rotatable bonds is 6. The van der Waals surface area contributed by atoms with Crippen molar-refractivity contribution in [2.45, 2.75) is 38.1 Å². The molecule has 1 unspecified atom stereocenters. The van der Waals surface area contributed by atoms with Crippen LogP contribution in [0.4, 0.5) is 5.69 Å². The lowest BCUT2D eigenvalue weighted by Gasteiger charge is -2.43. The van der Waals surface area contributed by atoms with Gasteiger partial charge in [-0.05, 0) is 37.8 Å². The molecule has 0 N–H and O–H groups in total. The van der Waals surface area contributed by atoms with Crippen LogP contribution in [0.25, 0.3) is 0 Å². The van der Waals surface area contributed by atoms with Gasteiger partial charge in [0, 0.05) is 30.1 Å². The zero-order valence-electron chi connectivity index (χ0n) is 17.8. The number of nitrogens with zero attached hydrogens (tertiary/aromatic N) is 2. The second-order valence-corrected chi connectivity index (χ2v) is 8.13. The number of carbonyl (C=O) groups is 3. The molecule has 1 aliphatic carbocycles. The molecule has 8 nitrogen and oxygen atoms in total. The molecule has 0 saturated heterocycles. The number of Topliss-reactive ketones (excluding diaryl/α,β-unsaturated/α-hetero) is 1. The van der Waals surface area contributed by atoms with E-state index in [1.165, 1.54) is 24.1 Å². The number of nitro benzene ring substituents is 1. The van der Waals surface area contributed by atoms with Crippen molar-refractivity contribution in [3.63, 3.8) is 0 Å². The maximum absolute atomic E-state index is 13.1. The lowest BCUT2D eigenvalue weighted by atomic mass is 9.74. The molecule has 0 bridgehead atoms. The van der Waals surface area contributed by atoms with Crippen LogP contribution < -0.4 is 0 Å². The van der Waals surface area contributed by atoms with Gasteiger partial charge in [0.25, 0.3) is 11.6 Å². The number of ketones is 1. The van der Waals surface area contributed by atoms with E-state index in [1.54, 1.807) is 37.3 Å². The highest BCUT2D eigenvalue weighted by Crippen LogP contribution is 2.42. The van der Waals surface area contributed by atoms with E-state index in [4.69, 9.17) is 16.3 Å². The predicted octanol–water partition coefficient (Wildman–Crippen LogP) is 4.21. The highest BCUT2D eigenvalue weighted by Gasteiger charge is 2.48. The van der Waals surface area contributed by atoms with Gasteiger partial charge in [-0.3, -0.25) is 19.7 Å². The number of nitro groups is 1. The maximum Gasteiger partial charge on any atom is 0.345 e. The minimum absolute atomic E-state index is 0.131. The Bertz CT molecular complexity index is 1090. The molecule has 32 heavy (non-hydrogen) atoms. The Morgan fingerprint density at radius 2 is 1.91 bits per heavy atom. The van der Waals surface area contributed by atoms with Crippen molar-refractivity contribution in [2.24, 2.45) is 0 Å². The van der Waals surface area contributed by atoms with Gasteiger partial charge in [-0.15, -0.1) is 0 Å². The number of hydrogen-bond donors (Lipinski definition) is 0. The van der Waals surface area contributed by atoms with Crippen LogP contribution in [0.5, 0.6) is 0 Å². The van der Waals surface area contributed by atoms with E-state index in [2.05, 4.69) is 0 Å². The molecule has 2 aromatic rings. The summed E-state index contributed by atoms with van der Waals surface area (Å²) in [7, 11) is 1.49. The Morgan fingerprint density at radius 1 is 1.19 bits per heavy atom. The van der Waals surface area contributed by atoms with Crippen LogP contribution in [-0.4, -0.2) is 41.1 Å². The number of benzene rings is 2. The van der Waals surface area contributed by atoms with E-state index in [0.29, 0.717) is 29.0 Å². The maximum atomic E-state index is 13.1. The largest absolute Gasteiger partial charge is 0.452 e. The molecule has 2 aromatic carbocycles. The number of amides is 1. The molecular weight excluding hydrogens is 436 g/mol. The van der Waals surface area contributed by atoms with Crippen LogP contribution in [-0.2, 0) is 19.9 Å². The van der Waals surface area contributed by atoms with Crippen LogP contribution in [0.2, 0.25) is 5.02 Å². The fourth-order valence-electron chi connectivity index (χ4n) is 4.21. The summed E-state index contributed by atoms with van der Waals surface area (Å²) in [5.74, 6) is -1.71. The van der Waals surface area contributed by atoms with Gasteiger partial charge < -0.3 is 9.64 Å². The van der Waals surface area contributed by atoms with Gasteiger partial charge in [0.05, 0.1) is 4.92 Å². The van der Waals surface area contributed by atoms with Crippen molar-refractivity contribution in [2.75, 3.05) is 13.7 Å². The first kappa shape index (κ1) is 23.4. The second-order valence-electron chi connectivity index (χ2n) is 7.73. The standard InChI is InChI=1S/C23H23ClN2O6/c1-15-8-7-11-18(26(30)31)21(15)22(29)32-14-20(28)25(2)23(13-6-5-12-19(23)27)16-9-3-4-10-17(16)24/h3-4,7-11H,5-6,12-14H2,1-2H3. The summed E-state index contributed by atoms with van der Waals surface area (Å²) in [5.41, 5.74) is -0.967. The molecular formula is C23H23ClN2O6. The molecule has 9 heteroatoms. The summed E-state index contributed by atoms with van der Waals surface area (Å²) in [5, 5.41) is 11.6. The van der Waals surface area contributed by atoms with Crippen molar-refractivity contribution < 1.29 is 24.0 Å². The van der Waals surface area contributed by atoms with Gasteiger partial charge >= 0.3 is 5.97 Å². The van der Waals surface area contributed by atoms with Crippen LogP contribution in [0.3, 0.4) is 0 Å². The summed E-state index contributed by atoms with van der Waals surface area (Å²) in [6.45, 7) is 0.880. The van der Waals surface area contributed by atoms with Crippen molar-refractivity contribution in [1.29, 1.82) is 0 Å². The Morgan fingerprint density at radius 3 is 2.56 bits per heavy atom. The topological polar surface area (TPSA) is 107 Å². The van der Waals surface area contributed by atoms with E-state index in [1.807, 2.05) is 0 Å². The first-order valence-electron chi connectivity index (χ1n) is 10.2. The Hall–Kier alpha value is -3.26. The van der Waals surface area contributed by atoms with E-state index >= 15 is 0 Å². The van der Waals surface area contributed by atoms with Gasteiger partial charge in [-0.1, -0.05) is 41.9 Å². The first-order valence-corrected chi connectivity index (χ1v) is 10.5. The number of halogens is 1. The summed E-state index contributed by atoms with van der Waals surface area (Å²) in [4.78, 5) is 50.6. The van der Waals surface area contributed by atoms with Crippen molar-refractivity contribution in [3.05, 3.63) is 74.3 Å². The number of carbonyl (C=O) groups excluding carboxylic acids is 3. The van der Waals surface area contributed by atoms with Gasteiger partial charge in [0.2, 0.25) is 0 Å². The lowest BCUT2D eigenvalue weighted by molar-refractivity contribution is -0.385. The fraction of sp³-hybridized carbons (Fsp3) is 0.348. The Labute approximate surface area is 190 Å². The van der Waals surface area contributed by atoms with Crippen LogP contribution in [0.15, 0.2) is 42.5 Å². The molecule has 1 atom stereocenters. The highest BCUT2D eigenvalue weighted by molar-refractivity contribution is 6.31. The first-order chi connectivity index (χ1) is 15.2. The molecule has 0 spiro atoms. The van der Waals surface area contributed by atoms with Crippen LogP contribution in [0, 0.1) is 17.0 Å². The average molecular weight is 459 g/mol. The molecule has 1 saturated carbocycles. The summed E-state index contributed by atoms with van der Waals surface area (Å²) in [6, 6.07) is 11.1. The quantitative estimate of drug-likeness (QED) is 0.364. The normalized spacial score (nSPS) is 18.2. The molecule has 168 valence electrons. The van der Waals surface area contributed by atoms with Crippen LogP contribution in [0.1, 0.15) is 47.2 Å². The van der Waals surface area contributed by atoms with Crippen molar-refractivity contribution in [3.8, 4) is 0 Å². The zero-order valence-corrected chi connectivity index (χ0v) is 18.6. The van der Waals surface area contributed by atoms with Crippen molar-refractivity contribution in [1.82, 2.24) is 4.90 Å². The van der Waals surface area contributed by atoms with Gasteiger partial charge in [-0.25, -0.2) is 4.79 Å². The molecule has 0 heterocycles. The molecule has 1 amide bonds. The molecule has 0 radical (unpaired) electrons. The monoisotopic (exact) mass is 458 g/mol. The third-order valence-corrected chi connectivity index (χ3v) is 6.23. The third kappa shape index (κ3) is 4.23. The van der Waals surface area contributed by atoms with E-state index in [9.17, 15) is 24.5 Å². The number of ether oxygens (including phenoxy) is 1. The Kier molecular flexibility index (Phi) is 6.93. The molecule has 1 fully saturated rings. The predicted molar refractivity (Wildman–Crippen MR) is 117 cm³/mol. The van der Waals surface area contributed by atoms with Gasteiger partial charge in [0.1, 0.15) is 11.1 Å². The third-order valence-electron chi connectivity index (χ3n) is 5.90. The minimum atomic E-state index is -1.26. The van der Waals surface area contributed by atoms with E-state index in [0.717, 1.165) is 12.8 Å². The second kappa shape index (κ2) is 9.48. The zero-order chi connectivity index (χ0) is 23.5. The van der Waals surface area contributed by atoms with E-state index in [-0.39, 0.29) is 11.3 Å². The fourth-order valence-corrected chi connectivity index (χ4v) is 4.50. The van der Waals surface area contributed by atoms with Gasteiger partial charge in [-0.2, -0.15) is 0 Å².